The Morgan fingerprint density at radius 1 is 1.53 bits per heavy atom. The van der Waals surface area contributed by atoms with Crippen LogP contribution in [0.1, 0.15) is 6.42 Å². The fraction of sp³-hybridized carbons (Fsp3) is 0.300. The van der Waals surface area contributed by atoms with Crippen LogP contribution >= 0.6 is 11.6 Å². The summed E-state index contributed by atoms with van der Waals surface area (Å²) >= 11 is 5.81. The molecular formula is C10H10ClNO3. The maximum absolute atomic E-state index is 11.1. The fourth-order valence-corrected chi connectivity index (χ4v) is 1.50. The first kappa shape index (κ1) is 10.1. The number of rotatable bonds is 2. The number of carbonyl (C=O) groups excluding carboxylic acids is 1. The molecule has 1 aliphatic heterocycles. The fourth-order valence-electron chi connectivity index (χ4n) is 1.33. The van der Waals surface area contributed by atoms with Crippen molar-refractivity contribution in [2.75, 3.05) is 12.3 Å². The quantitative estimate of drug-likeness (QED) is 0.616. The summed E-state index contributed by atoms with van der Waals surface area (Å²) in [5, 5.41) is 0.416. The first-order chi connectivity index (χ1) is 7.16. The molecule has 0 aliphatic carbocycles. The molecule has 2 N–H and O–H groups in total. The van der Waals surface area contributed by atoms with E-state index in [1.165, 1.54) is 0 Å². The summed E-state index contributed by atoms with van der Waals surface area (Å²) in [4.78, 5) is 11.1. The molecule has 1 atom stereocenters. The molecule has 0 spiro atoms. The lowest BCUT2D eigenvalue weighted by molar-refractivity contribution is -0.143. The molecule has 1 aromatic rings. The van der Waals surface area contributed by atoms with Gasteiger partial charge in [-0.15, -0.1) is 0 Å². The summed E-state index contributed by atoms with van der Waals surface area (Å²) < 4.78 is 10.2. The normalized spacial score (nSPS) is 20.1. The Kier molecular flexibility index (Phi) is 2.68. The lowest BCUT2D eigenvalue weighted by Crippen LogP contribution is -2.21. The van der Waals surface area contributed by atoms with Crippen molar-refractivity contribution >= 4 is 23.3 Å². The highest BCUT2D eigenvalue weighted by Gasteiger charge is 2.28. The zero-order valence-electron chi connectivity index (χ0n) is 7.90. The number of nitrogen functional groups attached to an aromatic ring is 1. The number of cyclic esters (lactones) is 1. The molecule has 1 saturated heterocycles. The second-order valence-corrected chi connectivity index (χ2v) is 3.65. The summed E-state index contributed by atoms with van der Waals surface area (Å²) in [6, 6.07) is 4.90. The SMILES string of the molecule is Nc1ccc(OC2CCOC2=O)cc1Cl. The molecule has 4 nitrogen and oxygen atoms in total. The van der Waals surface area contributed by atoms with Gasteiger partial charge in [-0.3, -0.25) is 0 Å². The predicted molar refractivity (Wildman–Crippen MR) is 55.9 cm³/mol. The van der Waals surface area contributed by atoms with Crippen molar-refractivity contribution in [3.8, 4) is 5.75 Å². The van der Waals surface area contributed by atoms with E-state index in [9.17, 15) is 4.79 Å². The van der Waals surface area contributed by atoms with Crippen LogP contribution in [0.2, 0.25) is 5.02 Å². The van der Waals surface area contributed by atoms with Gasteiger partial charge in [0.05, 0.1) is 17.3 Å². The Morgan fingerprint density at radius 3 is 2.93 bits per heavy atom. The lowest BCUT2D eigenvalue weighted by atomic mass is 10.3. The van der Waals surface area contributed by atoms with Crippen molar-refractivity contribution in [2.24, 2.45) is 0 Å². The van der Waals surface area contributed by atoms with Gasteiger partial charge in [0, 0.05) is 12.5 Å². The smallest absolute Gasteiger partial charge is 0.347 e. The van der Waals surface area contributed by atoms with Gasteiger partial charge in [0.25, 0.3) is 0 Å². The van der Waals surface area contributed by atoms with Crippen molar-refractivity contribution in [3.05, 3.63) is 23.2 Å². The number of anilines is 1. The van der Waals surface area contributed by atoms with Crippen LogP contribution in [0.5, 0.6) is 5.75 Å². The minimum Gasteiger partial charge on any atom is -0.479 e. The van der Waals surface area contributed by atoms with Crippen molar-refractivity contribution in [2.45, 2.75) is 12.5 Å². The molecule has 0 radical (unpaired) electrons. The van der Waals surface area contributed by atoms with Crippen LogP contribution in [0.4, 0.5) is 5.69 Å². The van der Waals surface area contributed by atoms with Gasteiger partial charge in [0.1, 0.15) is 5.75 Å². The van der Waals surface area contributed by atoms with Crippen molar-refractivity contribution < 1.29 is 14.3 Å². The summed E-state index contributed by atoms with van der Waals surface area (Å²) in [7, 11) is 0. The Balaban J connectivity index is 2.10. The maximum atomic E-state index is 11.1. The standard InChI is InChI=1S/C10H10ClNO3/c11-7-5-6(1-2-8(7)12)15-9-3-4-14-10(9)13/h1-2,5,9H,3-4,12H2. The van der Waals surface area contributed by atoms with E-state index in [2.05, 4.69) is 0 Å². The third-order valence-corrected chi connectivity index (χ3v) is 2.46. The highest BCUT2D eigenvalue weighted by Crippen LogP contribution is 2.26. The van der Waals surface area contributed by atoms with Crippen LogP contribution in [-0.4, -0.2) is 18.7 Å². The number of hydrogen-bond acceptors (Lipinski definition) is 4. The van der Waals surface area contributed by atoms with Crippen molar-refractivity contribution in [1.82, 2.24) is 0 Å². The molecule has 1 aliphatic rings. The Morgan fingerprint density at radius 2 is 2.33 bits per heavy atom. The molecule has 2 rings (SSSR count). The average molecular weight is 228 g/mol. The van der Waals surface area contributed by atoms with E-state index >= 15 is 0 Å². The average Bonchev–Trinajstić information content (AvgIpc) is 2.59. The summed E-state index contributed by atoms with van der Waals surface area (Å²) in [5.41, 5.74) is 6.03. The van der Waals surface area contributed by atoms with Gasteiger partial charge in [-0.25, -0.2) is 4.79 Å². The second kappa shape index (κ2) is 3.98. The van der Waals surface area contributed by atoms with Crippen LogP contribution in [0.3, 0.4) is 0 Å². The second-order valence-electron chi connectivity index (χ2n) is 3.25. The van der Waals surface area contributed by atoms with Crippen LogP contribution in [0.15, 0.2) is 18.2 Å². The van der Waals surface area contributed by atoms with Crippen LogP contribution < -0.4 is 10.5 Å². The lowest BCUT2D eigenvalue weighted by Gasteiger charge is -2.10. The summed E-state index contributed by atoms with van der Waals surface area (Å²) in [6.45, 7) is 0.409. The minimum absolute atomic E-state index is 0.331. The molecule has 0 saturated carbocycles. The highest BCUT2D eigenvalue weighted by atomic mass is 35.5. The van der Waals surface area contributed by atoms with Crippen LogP contribution in [0.25, 0.3) is 0 Å². The molecular weight excluding hydrogens is 218 g/mol. The molecule has 5 heteroatoms. The molecule has 15 heavy (non-hydrogen) atoms. The first-order valence-corrected chi connectivity index (χ1v) is 4.93. The number of halogens is 1. The van der Waals surface area contributed by atoms with E-state index in [0.29, 0.717) is 29.5 Å². The van der Waals surface area contributed by atoms with E-state index in [1.807, 2.05) is 0 Å². The van der Waals surface area contributed by atoms with Gasteiger partial charge in [-0.05, 0) is 12.1 Å². The maximum Gasteiger partial charge on any atom is 0.347 e. The van der Waals surface area contributed by atoms with E-state index in [-0.39, 0.29) is 5.97 Å². The number of benzene rings is 1. The Hall–Kier alpha value is -1.42. The molecule has 0 bridgehead atoms. The van der Waals surface area contributed by atoms with Gasteiger partial charge in [0.15, 0.2) is 6.10 Å². The molecule has 1 fully saturated rings. The Labute approximate surface area is 91.9 Å². The van der Waals surface area contributed by atoms with Gasteiger partial charge in [-0.2, -0.15) is 0 Å². The topological polar surface area (TPSA) is 61.6 Å². The van der Waals surface area contributed by atoms with Gasteiger partial charge >= 0.3 is 5.97 Å². The molecule has 0 amide bonds. The molecule has 1 heterocycles. The monoisotopic (exact) mass is 227 g/mol. The van der Waals surface area contributed by atoms with Crippen molar-refractivity contribution in [3.63, 3.8) is 0 Å². The molecule has 1 unspecified atom stereocenters. The minimum atomic E-state index is -0.523. The zero-order chi connectivity index (χ0) is 10.8. The number of hydrogen-bond donors (Lipinski definition) is 1. The highest BCUT2D eigenvalue weighted by molar-refractivity contribution is 6.33. The summed E-state index contributed by atoms with van der Waals surface area (Å²) in [5.74, 6) is 0.195. The third-order valence-electron chi connectivity index (χ3n) is 2.14. The zero-order valence-corrected chi connectivity index (χ0v) is 8.66. The van der Waals surface area contributed by atoms with Crippen molar-refractivity contribution in [1.29, 1.82) is 0 Å². The predicted octanol–water partition coefficient (Wildman–Crippen LogP) is 1.62. The van der Waals surface area contributed by atoms with Gasteiger partial charge < -0.3 is 15.2 Å². The van der Waals surface area contributed by atoms with E-state index < -0.39 is 6.10 Å². The van der Waals surface area contributed by atoms with E-state index in [1.54, 1.807) is 18.2 Å². The first-order valence-electron chi connectivity index (χ1n) is 4.55. The molecule has 0 aromatic heterocycles. The molecule has 80 valence electrons. The largest absolute Gasteiger partial charge is 0.479 e. The number of esters is 1. The van der Waals surface area contributed by atoms with Gasteiger partial charge in [-0.1, -0.05) is 11.6 Å². The number of carbonyl (C=O) groups is 1. The van der Waals surface area contributed by atoms with Crippen LogP contribution in [-0.2, 0) is 9.53 Å². The van der Waals surface area contributed by atoms with E-state index in [4.69, 9.17) is 26.8 Å². The van der Waals surface area contributed by atoms with E-state index in [0.717, 1.165) is 0 Å². The third kappa shape index (κ3) is 2.15. The summed E-state index contributed by atoms with van der Waals surface area (Å²) in [6.07, 6.45) is 0.0468. The van der Waals surface area contributed by atoms with Gasteiger partial charge in [0.2, 0.25) is 0 Å². The Bertz CT molecular complexity index is 394. The number of ether oxygens (including phenoxy) is 2. The number of nitrogens with two attached hydrogens (primary N) is 1. The molecule has 1 aromatic carbocycles. The van der Waals surface area contributed by atoms with Crippen LogP contribution in [0, 0.1) is 0 Å².